The minimum Gasteiger partial charge on any atom is -0.308 e. The van der Waals surface area contributed by atoms with Gasteiger partial charge in [-0.25, -0.2) is 23.1 Å². The topological polar surface area (TPSA) is 118 Å². The van der Waals surface area contributed by atoms with Crippen molar-refractivity contribution in [2.45, 2.75) is 18.4 Å². The van der Waals surface area contributed by atoms with Crippen LogP contribution in [-0.4, -0.2) is 28.9 Å². The third-order valence-corrected chi connectivity index (χ3v) is 6.51. The fourth-order valence-electron chi connectivity index (χ4n) is 3.18. The third kappa shape index (κ3) is 4.19. The fourth-order valence-corrected chi connectivity index (χ4v) is 4.40. The van der Waals surface area contributed by atoms with E-state index in [0.717, 1.165) is 5.56 Å². The number of nitrogens with one attached hydrogen (secondary N) is 1. The molecule has 0 aliphatic rings. The second kappa shape index (κ2) is 8.42. The van der Waals surface area contributed by atoms with E-state index in [1.165, 1.54) is 18.2 Å². The monoisotopic (exact) mass is 465 g/mol. The number of hydrogen-bond acceptors (Lipinski definition) is 6. The van der Waals surface area contributed by atoms with E-state index in [2.05, 4.69) is 9.97 Å². The Morgan fingerprint density at radius 1 is 1.12 bits per heavy atom. The minimum atomic E-state index is -4.03. The van der Waals surface area contributed by atoms with E-state index < -0.39 is 15.9 Å². The Morgan fingerprint density at radius 3 is 2.56 bits per heavy atom. The Morgan fingerprint density at radius 2 is 1.88 bits per heavy atom. The zero-order valence-electron chi connectivity index (χ0n) is 16.8. The van der Waals surface area contributed by atoms with Crippen LogP contribution in [0.4, 0.5) is 0 Å². The molecule has 4 aromatic rings. The van der Waals surface area contributed by atoms with Gasteiger partial charge in [-0.1, -0.05) is 35.9 Å². The van der Waals surface area contributed by atoms with Gasteiger partial charge >= 0.3 is 0 Å². The van der Waals surface area contributed by atoms with Gasteiger partial charge in [-0.05, 0) is 48.9 Å². The van der Waals surface area contributed by atoms with E-state index in [1.807, 2.05) is 10.8 Å². The quantitative estimate of drug-likeness (QED) is 0.482. The molecule has 2 aromatic carbocycles. The van der Waals surface area contributed by atoms with Gasteiger partial charge in [0.1, 0.15) is 17.0 Å². The maximum atomic E-state index is 12.6. The highest BCUT2D eigenvalue weighted by Gasteiger charge is 2.21. The molecule has 160 valence electrons. The van der Waals surface area contributed by atoms with E-state index >= 15 is 0 Å². The van der Waals surface area contributed by atoms with Gasteiger partial charge in [0.2, 0.25) is 0 Å². The number of amides is 1. The molecule has 0 unspecified atom stereocenters. The van der Waals surface area contributed by atoms with E-state index in [9.17, 15) is 13.2 Å². The Bertz CT molecular complexity index is 1490. The zero-order chi connectivity index (χ0) is 22.9. The van der Waals surface area contributed by atoms with Crippen molar-refractivity contribution in [2.75, 3.05) is 0 Å². The summed E-state index contributed by atoms with van der Waals surface area (Å²) in [5, 5.41) is 9.44. The standard InChI is InChI=1S/C22H16ClN5O3S/c1-14-25-19-9-10-20(22(29)27-32(30,31)17-5-3-2-4-6-17)26-21(19)28(14)13-16-8-7-15(12-24)11-18(16)23/h2-11H,13H2,1H3,(H,27,29). The number of fused-ring (bicyclic) bond motifs is 1. The van der Waals surface area contributed by atoms with Gasteiger partial charge in [0.15, 0.2) is 5.65 Å². The summed E-state index contributed by atoms with van der Waals surface area (Å²) in [6.45, 7) is 2.10. The molecule has 0 aliphatic carbocycles. The second-order valence-corrected chi connectivity index (χ2v) is 9.04. The van der Waals surface area contributed by atoms with Crippen LogP contribution in [-0.2, 0) is 16.6 Å². The predicted molar refractivity (Wildman–Crippen MR) is 119 cm³/mol. The fraction of sp³-hybridized carbons (Fsp3) is 0.0909. The van der Waals surface area contributed by atoms with Gasteiger partial charge in [-0.15, -0.1) is 0 Å². The first-order valence-corrected chi connectivity index (χ1v) is 11.3. The number of benzene rings is 2. The normalized spacial score (nSPS) is 11.3. The number of aromatic nitrogens is 3. The summed E-state index contributed by atoms with van der Waals surface area (Å²) in [5.74, 6) is -0.208. The van der Waals surface area contributed by atoms with Gasteiger partial charge in [0.05, 0.1) is 23.1 Å². The lowest BCUT2D eigenvalue weighted by molar-refractivity contribution is 0.0977. The van der Waals surface area contributed by atoms with Crippen molar-refractivity contribution in [3.05, 3.63) is 88.3 Å². The van der Waals surface area contributed by atoms with Crippen LogP contribution in [0.1, 0.15) is 27.4 Å². The SMILES string of the molecule is Cc1nc2ccc(C(=O)NS(=O)(=O)c3ccccc3)nc2n1Cc1ccc(C#N)cc1Cl. The largest absolute Gasteiger partial charge is 0.308 e. The number of sulfonamides is 1. The average molecular weight is 466 g/mol. The number of carbonyl (C=O) groups is 1. The number of nitriles is 1. The molecule has 0 saturated carbocycles. The van der Waals surface area contributed by atoms with Gasteiger partial charge in [0.25, 0.3) is 15.9 Å². The van der Waals surface area contributed by atoms with Crippen LogP contribution < -0.4 is 4.72 Å². The molecular weight excluding hydrogens is 450 g/mol. The summed E-state index contributed by atoms with van der Waals surface area (Å²) < 4.78 is 28.7. The summed E-state index contributed by atoms with van der Waals surface area (Å²) in [6, 6.07) is 17.7. The zero-order valence-corrected chi connectivity index (χ0v) is 18.4. The van der Waals surface area contributed by atoms with Crippen molar-refractivity contribution in [2.24, 2.45) is 0 Å². The maximum Gasteiger partial charge on any atom is 0.283 e. The second-order valence-electron chi connectivity index (χ2n) is 6.95. The lowest BCUT2D eigenvalue weighted by Gasteiger charge is -2.10. The smallest absolute Gasteiger partial charge is 0.283 e. The minimum absolute atomic E-state index is 0.0224. The van der Waals surface area contributed by atoms with Crippen LogP contribution in [0.2, 0.25) is 5.02 Å². The average Bonchev–Trinajstić information content (AvgIpc) is 3.09. The number of aryl methyl sites for hydroxylation is 1. The molecule has 8 nitrogen and oxygen atoms in total. The van der Waals surface area contributed by atoms with Crippen molar-refractivity contribution in [1.29, 1.82) is 5.26 Å². The van der Waals surface area contributed by atoms with Crippen molar-refractivity contribution >= 4 is 38.7 Å². The summed E-state index contributed by atoms with van der Waals surface area (Å²) >= 11 is 6.31. The number of rotatable bonds is 5. The summed E-state index contributed by atoms with van der Waals surface area (Å²) in [6.07, 6.45) is 0. The molecule has 0 bridgehead atoms. The van der Waals surface area contributed by atoms with Gasteiger partial charge in [-0.2, -0.15) is 5.26 Å². The number of hydrogen-bond donors (Lipinski definition) is 1. The molecule has 4 rings (SSSR count). The van der Waals surface area contributed by atoms with Crippen LogP contribution in [0.5, 0.6) is 0 Å². The van der Waals surface area contributed by atoms with E-state index in [0.29, 0.717) is 34.1 Å². The number of carbonyl (C=O) groups excluding carboxylic acids is 1. The van der Waals surface area contributed by atoms with Crippen molar-refractivity contribution in [3.8, 4) is 6.07 Å². The highest BCUT2D eigenvalue weighted by molar-refractivity contribution is 7.90. The molecule has 2 heterocycles. The molecule has 0 spiro atoms. The van der Waals surface area contributed by atoms with Crippen LogP contribution in [0.3, 0.4) is 0 Å². The van der Waals surface area contributed by atoms with Crippen LogP contribution in [0.15, 0.2) is 65.6 Å². The molecule has 0 radical (unpaired) electrons. The number of pyridine rings is 1. The molecule has 0 atom stereocenters. The highest BCUT2D eigenvalue weighted by atomic mass is 35.5. The molecule has 0 saturated heterocycles. The third-order valence-electron chi connectivity index (χ3n) is 4.81. The Kier molecular flexibility index (Phi) is 5.65. The first-order chi connectivity index (χ1) is 15.3. The molecular formula is C22H16ClN5O3S. The predicted octanol–water partition coefficient (Wildman–Crippen LogP) is 3.43. The van der Waals surface area contributed by atoms with E-state index in [1.54, 1.807) is 54.0 Å². The lowest BCUT2D eigenvalue weighted by atomic mass is 10.1. The molecule has 0 fully saturated rings. The summed E-state index contributed by atoms with van der Waals surface area (Å²) in [7, 11) is -4.03. The maximum absolute atomic E-state index is 12.6. The molecule has 0 aliphatic heterocycles. The van der Waals surface area contributed by atoms with Crippen LogP contribution >= 0.6 is 11.6 Å². The number of imidazole rings is 1. The van der Waals surface area contributed by atoms with E-state index in [4.69, 9.17) is 16.9 Å². The molecule has 2 aromatic heterocycles. The summed E-state index contributed by atoms with van der Waals surface area (Å²) in [5.41, 5.74) is 2.09. The van der Waals surface area contributed by atoms with Gasteiger partial charge in [0, 0.05) is 5.02 Å². The van der Waals surface area contributed by atoms with Crippen molar-refractivity contribution in [3.63, 3.8) is 0 Å². The molecule has 1 N–H and O–H groups in total. The van der Waals surface area contributed by atoms with Gasteiger partial charge in [-0.3, -0.25) is 4.79 Å². The number of halogens is 1. The van der Waals surface area contributed by atoms with Gasteiger partial charge < -0.3 is 4.57 Å². The Hall–Kier alpha value is -3.74. The van der Waals surface area contributed by atoms with E-state index in [-0.39, 0.29) is 10.6 Å². The first kappa shape index (κ1) is 21.5. The lowest BCUT2D eigenvalue weighted by Crippen LogP contribution is -2.31. The highest BCUT2D eigenvalue weighted by Crippen LogP contribution is 2.22. The molecule has 1 amide bonds. The number of nitrogens with zero attached hydrogens (tertiary/aromatic N) is 4. The molecule has 32 heavy (non-hydrogen) atoms. The first-order valence-electron chi connectivity index (χ1n) is 9.43. The van der Waals surface area contributed by atoms with Crippen molar-refractivity contribution < 1.29 is 13.2 Å². The Labute approximate surface area is 189 Å². The van der Waals surface area contributed by atoms with Crippen LogP contribution in [0, 0.1) is 18.3 Å². The molecule has 10 heteroatoms. The van der Waals surface area contributed by atoms with Crippen LogP contribution in [0.25, 0.3) is 11.2 Å². The summed E-state index contributed by atoms with van der Waals surface area (Å²) in [4.78, 5) is 21.4. The Balaban J connectivity index is 1.67. The van der Waals surface area contributed by atoms with Crippen molar-refractivity contribution in [1.82, 2.24) is 19.3 Å².